The average Bonchev–Trinajstić information content (AvgIpc) is 2.59. The molecule has 1 unspecified atom stereocenters. The van der Waals surface area contributed by atoms with Crippen LogP contribution in [0.4, 0.5) is 0 Å². The Morgan fingerprint density at radius 1 is 0.909 bits per heavy atom. The molecule has 2 N–H and O–H groups in total. The molecular formula is C19H25NO2. The summed E-state index contributed by atoms with van der Waals surface area (Å²) in [6.07, 6.45) is 3.57. The number of nitrogens with two attached hydrogens (primary N) is 1. The normalized spacial score (nSPS) is 12.0. The Hall–Kier alpha value is -2.00. The molecule has 3 heteroatoms. The van der Waals surface area contributed by atoms with Crippen LogP contribution in [-0.4, -0.2) is 14.2 Å². The third-order valence-electron chi connectivity index (χ3n) is 3.92. The Morgan fingerprint density at radius 3 is 2.14 bits per heavy atom. The molecule has 0 aliphatic heterocycles. The van der Waals surface area contributed by atoms with E-state index in [1.165, 1.54) is 18.4 Å². The van der Waals surface area contributed by atoms with E-state index in [1.54, 1.807) is 14.2 Å². The molecule has 0 bridgehead atoms. The summed E-state index contributed by atoms with van der Waals surface area (Å²) in [4.78, 5) is 0. The Kier molecular flexibility index (Phi) is 5.84. The summed E-state index contributed by atoms with van der Waals surface area (Å²) < 4.78 is 10.6. The maximum absolute atomic E-state index is 6.39. The van der Waals surface area contributed by atoms with Crippen molar-refractivity contribution in [2.75, 3.05) is 14.2 Å². The first-order chi connectivity index (χ1) is 10.7. The van der Waals surface area contributed by atoms with Crippen LogP contribution in [0.1, 0.15) is 42.5 Å². The highest BCUT2D eigenvalue weighted by Gasteiger charge is 2.12. The minimum atomic E-state index is -0.167. The van der Waals surface area contributed by atoms with Gasteiger partial charge in [0, 0.05) is 0 Å². The van der Waals surface area contributed by atoms with Gasteiger partial charge < -0.3 is 15.2 Å². The lowest BCUT2D eigenvalue weighted by molar-refractivity contribution is 0.354. The molecule has 118 valence electrons. The molecular weight excluding hydrogens is 274 g/mol. The summed E-state index contributed by atoms with van der Waals surface area (Å²) in [5.41, 5.74) is 9.87. The number of aryl methyl sites for hydroxylation is 1. The van der Waals surface area contributed by atoms with Crippen LogP contribution in [0.5, 0.6) is 11.5 Å². The van der Waals surface area contributed by atoms with Gasteiger partial charge in [-0.05, 0) is 41.7 Å². The van der Waals surface area contributed by atoms with Crippen molar-refractivity contribution in [2.24, 2.45) is 5.73 Å². The summed E-state index contributed by atoms with van der Waals surface area (Å²) in [7, 11) is 3.27. The van der Waals surface area contributed by atoms with Crippen LogP contribution in [0.15, 0.2) is 42.5 Å². The minimum Gasteiger partial charge on any atom is -0.493 e. The van der Waals surface area contributed by atoms with Crippen molar-refractivity contribution in [1.29, 1.82) is 0 Å². The van der Waals surface area contributed by atoms with Crippen LogP contribution in [0.3, 0.4) is 0 Å². The molecule has 0 heterocycles. The van der Waals surface area contributed by atoms with Gasteiger partial charge in [-0.1, -0.05) is 43.7 Å². The van der Waals surface area contributed by atoms with Gasteiger partial charge in [0.1, 0.15) is 0 Å². The van der Waals surface area contributed by atoms with Crippen LogP contribution < -0.4 is 15.2 Å². The van der Waals surface area contributed by atoms with Gasteiger partial charge in [0.15, 0.2) is 11.5 Å². The van der Waals surface area contributed by atoms with E-state index in [-0.39, 0.29) is 6.04 Å². The smallest absolute Gasteiger partial charge is 0.161 e. The highest BCUT2D eigenvalue weighted by atomic mass is 16.5. The summed E-state index contributed by atoms with van der Waals surface area (Å²) >= 11 is 0. The van der Waals surface area contributed by atoms with Crippen LogP contribution in [0.2, 0.25) is 0 Å². The fourth-order valence-corrected chi connectivity index (χ4v) is 2.51. The number of ether oxygens (including phenoxy) is 2. The van der Waals surface area contributed by atoms with Crippen molar-refractivity contribution in [2.45, 2.75) is 32.2 Å². The minimum absolute atomic E-state index is 0.167. The van der Waals surface area contributed by atoms with E-state index >= 15 is 0 Å². The van der Waals surface area contributed by atoms with Gasteiger partial charge in [-0.15, -0.1) is 0 Å². The molecule has 0 aliphatic rings. The molecule has 0 aliphatic carbocycles. The first kappa shape index (κ1) is 16.4. The summed E-state index contributed by atoms with van der Waals surface area (Å²) in [5, 5.41) is 0. The highest BCUT2D eigenvalue weighted by molar-refractivity contribution is 5.45. The van der Waals surface area contributed by atoms with Crippen LogP contribution in [-0.2, 0) is 6.42 Å². The second-order valence-corrected chi connectivity index (χ2v) is 5.44. The van der Waals surface area contributed by atoms with E-state index in [1.807, 2.05) is 18.2 Å². The zero-order valence-corrected chi connectivity index (χ0v) is 13.6. The first-order valence-electron chi connectivity index (χ1n) is 7.76. The van der Waals surface area contributed by atoms with Gasteiger partial charge in [-0.2, -0.15) is 0 Å². The molecule has 0 saturated carbocycles. The van der Waals surface area contributed by atoms with Gasteiger partial charge in [-0.3, -0.25) is 0 Å². The largest absolute Gasteiger partial charge is 0.493 e. The summed E-state index contributed by atoms with van der Waals surface area (Å²) in [5.74, 6) is 1.42. The molecule has 22 heavy (non-hydrogen) atoms. The maximum Gasteiger partial charge on any atom is 0.161 e. The van der Waals surface area contributed by atoms with Crippen LogP contribution >= 0.6 is 0 Å². The molecule has 2 aromatic rings. The van der Waals surface area contributed by atoms with E-state index in [0.717, 1.165) is 17.5 Å². The van der Waals surface area contributed by atoms with Crippen molar-refractivity contribution in [3.8, 4) is 11.5 Å². The second-order valence-electron chi connectivity index (χ2n) is 5.44. The Balaban J connectivity index is 2.18. The quantitative estimate of drug-likeness (QED) is 0.837. The molecule has 0 amide bonds. The second kappa shape index (κ2) is 7.85. The third-order valence-corrected chi connectivity index (χ3v) is 3.92. The lowest BCUT2D eigenvalue weighted by atomic mass is 9.97. The number of hydrogen-bond donors (Lipinski definition) is 1. The topological polar surface area (TPSA) is 44.5 Å². The molecule has 0 aromatic heterocycles. The van der Waals surface area contributed by atoms with Crippen LogP contribution in [0.25, 0.3) is 0 Å². The number of rotatable bonds is 7. The zero-order chi connectivity index (χ0) is 15.9. The molecule has 0 fully saturated rings. The molecule has 2 aromatic carbocycles. The lowest BCUT2D eigenvalue weighted by Gasteiger charge is -2.16. The van der Waals surface area contributed by atoms with Gasteiger partial charge in [-0.25, -0.2) is 0 Å². The van der Waals surface area contributed by atoms with E-state index < -0.39 is 0 Å². The van der Waals surface area contributed by atoms with Crippen molar-refractivity contribution in [3.05, 3.63) is 59.2 Å². The summed E-state index contributed by atoms with van der Waals surface area (Å²) in [6.45, 7) is 2.21. The SMILES string of the molecule is CCCCc1ccc(C(N)c2ccc(OC)c(OC)c2)cc1. The van der Waals surface area contributed by atoms with Crippen molar-refractivity contribution < 1.29 is 9.47 Å². The zero-order valence-electron chi connectivity index (χ0n) is 13.6. The Labute approximate surface area is 133 Å². The van der Waals surface area contributed by atoms with Crippen LogP contribution in [0, 0.1) is 0 Å². The van der Waals surface area contributed by atoms with E-state index in [9.17, 15) is 0 Å². The molecule has 0 spiro atoms. The van der Waals surface area contributed by atoms with Gasteiger partial charge in [0.05, 0.1) is 20.3 Å². The molecule has 0 saturated heterocycles. The summed E-state index contributed by atoms with van der Waals surface area (Å²) in [6, 6.07) is 14.2. The third kappa shape index (κ3) is 3.80. The Morgan fingerprint density at radius 2 is 1.55 bits per heavy atom. The molecule has 2 rings (SSSR count). The maximum atomic E-state index is 6.39. The predicted octanol–water partition coefficient (Wildman–Crippen LogP) is 4.09. The number of hydrogen-bond acceptors (Lipinski definition) is 3. The van der Waals surface area contributed by atoms with E-state index in [4.69, 9.17) is 15.2 Å². The van der Waals surface area contributed by atoms with Gasteiger partial charge in [0.2, 0.25) is 0 Å². The van der Waals surface area contributed by atoms with E-state index in [0.29, 0.717) is 11.5 Å². The van der Waals surface area contributed by atoms with Crippen molar-refractivity contribution in [1.82, 2.24) is 0 Å². The van der Waals surface area contributed by atoms with Gasteiger partial charge in [0.25, 0.3) is 0 Å². The molecule has 1 atom stereocenters. The predicted molar refractivity (Wildman–Crippen MR) is 90.6 cm³/mol. The lowest BCUT2D eigenvalue weighted by Crippen LogP contribution is -2.12. The Bertz CT molecular complexity index is 593. The first-order valence-corrected chi connectivity index (χ1v) is 7.76. The van der Waals surface area contributed by atoms with E-state index in [2.05, 4.69) is 31.2 Å². The van der Waals surface area contributed by atoms with Crippen molar-refractivity contribution >= 4 is 0 Å². The molecule has 3 nitrogen and oxygen atoms in total. The number of benzene rings is 2. The van der Waals surface area contributed by atoms with Gasteiger partial charge >= 0.3 is 0 Å². The molecule has 0 radical (unpaired) electrons. The fraction of sp³-hybridized carbons (Fsp3) is 0.368. The number of unbranched alkanes of at least 4 members (excludes halogenated alkanes) is 1. The standard InChI is InChI=1S/C19H25NO2/c1-4-5-6-14-7-9-15(10-8-14)19(20)16-11-12-17(21-2)18(13-16)22-3/h7-13,19H,4-6,20H2,1-3H3. The fourth-order valence-electron chi connectivity index (χ4n) is 2.51. The highest BCUT2D eigenvalue weighted by Crippen LogP contribution is 2.31. The number of methoxy groups -OCH3 is 2. The average molecular weight is 299 g/mol. The van der Waals surface area contributed by atoms with Crippen molar-refractivity contribution in [3.63, 3.8) is 0 Å². The monoisotopic (exact) mass is 299 g/mol.